The van der Waals surface area contributed by atoms with Gasteiger partial charge in [-0.25, -0.2) is 0 Å². The van der Waals surface area contributed by atoms with Crippen LogP contribution in [-0.4, -0.2) is 21.4 Å². The Balaban J connectivity index is 2.29. The number of fused-ring (bicyclic) bond motifs is 1. The zero-order valence-corrected chi connectivity index (χ0v) is 12.0. The largest absolute Gasteiger partial charge is 0.481 e. The number of hydrogen-bond donors (Lipinski definition) is 1. The Hall–Kier alpha value is -2.10. The number of ketones is 1. The highest BCUT2D eigenvalue weighted by molar-refractivity contribution is 6.08. The maximum Gasteiger partial charge on any atom is 0.303 e. The normalized spacial score (nSPS) is 12.6. The molecular formula is C16H19NO3. The number of aryl methyl sites for hydroxylation is 2. The van der Waals surface area contributed by atoms with Gasteiger partial charge in [0, 0.05) is 42.6 Å². The van der Waals surface area contributed by atoms with Gasteiger partial charge in [-0.05, 0) is 24.5 Å². The van der Waals surface area contributed by atoms with Crippen molar-refractivity contribution in [2.24, 2.45) is 13.0 Å². The minimum atomic E-state index is -0.862. The van der Waals surface area contributed by atoms with E-state index in [0.29, 0.717) is 5.56 Å². The fourth-order valence-corrected chi connectivity index (χ4v) is 2.51. The molecule has 2 aromatic rings. The van der Waals surface area contributed by atoms with Crippen LogP contribution in [0.3, 0.4) is 0 Å². The van der Waals surface area contributed by atoms with Crippen molar-refractivity contribution in [2.75, 3.05) is 0 Å². The second kappa shape index (κ2) is 5.49. The number of carbonyl (C=O) groups is 2. The summed E-state index contributed by atoms with van der Waals surface area (Å²) in [6.45, 7) is 3.81. The molecular weight excluding hydrogens is 254 g/mol. The predicted octanol–water partition coefficient (Wildman–Crippen LogP) is 3.17. The summed E-state index contributed by atoms with van der Waals surface area (Å²) in [4.78, 5) is 23.0. The Morgan fingerprint density at radius 2 is 2.00 bits per heavy atom. The van der Waals surface area contributed by atoms with Gasteiger partial charge in [-0.2, -0.15) is 0 Å². The molecule has 1 N–H and O–H groups in total. The van der Waals surface area contributed by atoms with E-state index in [1.807, 2.05) is 42.9 Å². The molecule has 0 amide bonds. The number of carboxylic acids is 1. The molecule has 1 atom stereocenters. The van der Waals surface area contributed by atoms with Gasteiger partial charge >= 0.3 is 5.97 Å². The number of carboxylic acid groups (broad SMARTS) is 1. The molecule has 4 heteroatoms. The molecule has 0 saturated carbocycles. The maximum atomic E-state index is 12.3. The van der Waals surface area contributed by atoms with Crippen molar-refractivity contribution >= 4 is 22.7 Å². The summed E-state index contributed by atoms with van der Waals surface area (Å²) in [5.74, 6) is -1.01. The number of aromatic nitrogens is 1. The van der Waals surface area contributed by atoms with Crippen LogP contribution in [-0.2, 0) is 11.8 Å². The summed E-state index contributed by atoms with van der Waals surface area (Å²) in [5.41, 5.74) is 2.86. The number of Topliss-reactive ketones (excluding diaryl/α,β-unsaturated/α-hetero) is 1. The van der Waals surface area contributed by atoms with Crippen molar-refractivity contribution in [3.05, 3.63) is 35.5 Å². The van der Waals surface area contributed by atoms with E-state index >= 15 is 0 Å². The van der Waals surface area contributed by atoms with Crippen molar-refractivity contribution in [3.63, 3.8) is 0 Å². The summed E-state index contributed by atoms with van der Waals surface area (Å²) in [6.07, 6.45) is 2.12. The molecule has 1 aromatic heterocycles. The van der Waals surface area contributed by atoms with Crippen LogP contribution in [0.25, 0.3) is 10.9 Å². The lowest BCUT2D eigenvalue weighted by atomic mass is 9.97. The lowest BCUT2D eigenvalue weighted by molar-refractivity contribution is -0.137. The Morgan fingerprint density at radius 3 is 2.65 bits per heavy atom. The van der Waals surface area contributed by atoms with Crippen LogP contribution in [0.15, 0.2) is 24.4 Å². The van der Waals surface area contributed by atoms with Gasteiger partial charge in [0.15, 0.2) is 5.78 Å². The number of hydrogen-bond acceptors (Lipinski definition) is 2. The van der Waals surface area contributed by atoms with Gasteiger partial charge in [-0.15, -0.1) is 0 Å². The molecule has 1 heterocycles. The Kier molecular flexibility index (Phi) is 3.93. The highest BCUT2D eigenvalue weighted by atomic mass is 16.4. The third-order valence-corrected chi connectivity index (χ3v) is 3.50. The number of aliphatic carboxylic acids is 1. The van der Waals surface area contributed by atoms with Crippen molar-refractivity contribution < 1.29 is 14.7 Å². The topological polar surface area (TPSA) is 59.3 Å². The minimum Gasteiger partial charge on any atom is -0.481 e. The number of benzene rings is 1. The Bertz CT molecular complexity index is 670. The molecule has 2 rings (SSSR count). The standard InChI is InChI=1S/C16H19NO3/c1-10-4-5-12-13(9-17(3)14(12)6-10)15(18)7-11(2)8-16(19)20/h4-6,9,11H,7-8H2,1-3H3,(H,19,20). The highest BCUT2D eigenvalue weighted by Gasteiger charge is 2.18. The van der Waals surface area contributed by atoms with E-state index in [9.17, 15) is 9.59 Å². The highest BCUT2D eigenvalue weighted by Crippen LogP contribution is 2.24. The van der Waals surface area contributed by atoms with E-state index in [4.69, 9.17) is 5.11 Å². The van der Waals surface area contributed by atoms with Gasteiger partial charge in [-0.3, -0.25) is 9.59 Å². The van der Waals surface area contributed by atoms with E-state index in [2.05, 4.69) is 0 Å². The number of nitrogens with zero attached hydrogens (tertiary/aromatic N) is 1. The molecule has 0 saturated heterocycles. The van der Waals surface area contributed by atoms with E-state index in [1.165, 1.54) is 0 Å². The third kappa shape index (κ3) is 2.90. The van der Waals surface area contributed by atoms with Gasteiger partial charge in [0.25, 0.3) is 0 Å². The van der Waals surface area contributed by atoms with Crippen LogP contribution in [0.4, 0.5) is 0 Å². The molecule has 0 aliphatic heterocycles. The molecule has 20 heavy (non-hydrogen) atoms. The first-order valence-corrected chi connectivity index (χ1v) is 6.69. The molecule has 106 valence electrons. The SMILES string of the molecule is Cc1ccc2c(C(=O)CC(C)CC(=O)O)cn(C)c2c1. The molecule has 0 bridgehead atoms. The van der Waals surface area contributed by atoms with Crippen molar-refractivity contribution in [1.29, 1.82) is 0 Å². The smallest absolute Gasteiger partial charge is 0.303 e. The van der Waals surface area contributed by atoms with E-state index in [-0.39, 0.29) is 24.5 Å². The summed E-state index contributed by atoms with van der Waals surface area (Å²) in [5, 5.41) is 9.69. The molecule has 0 radical (unpaired) electrons. The average Bonchev–Trinajstić information content (AvgIpc) is 2.65. The van der Waals surface area contributed by atoms with Gasteiger partial charge in [0.1, 0.15) is 0 Å². The Morgan fingerprint density at radius 1 is 1.30 bits per heavy atom. The monoisotopic (exact) mass is 273 g/mol. The van der Waals surface area contributed by atoms with E-state index in [1.54, 1.807) is 6.92 Å². The summed E-state index contributed by atoms with van der Waals surface area (Å²) >= 11 is 0. The fourth-order valence-electron chi connectivity index (χ4n) is 2.51. The van der Waals surface area contributed by atoms with Gasteiger partial charge in [0.2, 0.25) is 0 Å². The van der Waals surface area contributed by atoms with Crippen LogP contribution in [0, 0.1) is 12.8 Å². The average molecular weight is 273 g/mol. The summed E-state index contributed by atoms with van der Waals surface area (Å²) < 4.78 is 1.94. The third-order valence-electron chi connectivity index (χ3n) is 3.50. The van der Waals surface area contributed by atoms with Gasteiger partial charge < -0.3 is 9.67 Å². The van der Waals surface area contributed by atoms with Crippen LogP contribution >= 0.6 is 0 Å². The number of rotatable bonds is 5. The zero-order chi connectivity index (χ0) is 14.9. The lowest BCUT2D eigenvalue weighted by Gasteiger charge is -2.06. The van der Waals surface area contributed by atoms with Crippen LogP contribution < -0.4 is 0 Å². The second-order valence-electron chi connectivity index (χ2n) is 5.50. The summed E-state index contributed by atoms with van der Waals surface area (Å²) in [6, 6.07) is 5.99. The minimum absolute atomic E-state index is 0.00760. The molecule has 0 aliphatic rings. The molecule has 1 aromatic carbocycles. The fraction of sp³-hybridized carbons (Fsp3) is 0.375. The molecule has 4 nitrogen and oxygen atoms in total. The van der Waals surface area contributed by atoms with Gasteiger partial charge in [0.05, 0.1) is 0 Å². The lowest BCUT2D eigenvalue weighted by Crippen LogP contribution is -2.10. The molecule has 1 unspecified atom stereocenters. The van der Waals surface area contributed by atoms with Crippen molar-refractivity contribution in [2.45, 2.75) is 26.7 Å². The van der Waals surface area contributed by atoms with Crippen LogP contribution in [0.2, 0.25) is 0 Å². The first-order valence-electron chi connectivity index (χ1n) is 6.69. The van der Waals surface area contributed by atoms with Crippen molar-refractivity contribution in [1.82, 2.24) is 4.57 Å². The quantitative estimate of drug-likeness (QED) is 0.851. The Labute approximate surface area is 118 Å². The first-order chi connectivity index (χ1) is 9.38. The van der Waals surface area contributed by atoms with Crippen LogP contribution in [0.5, 0.6) is 0 Å². The predicted molar refractivity (Wildman–Crippen MR) is 78.0 cm³/mol. The zero-order valence-electron chi connectivity index (χ0n) is 12.0. The summed E-state index contributed by atoms with van der Waals surface area (Å²) in [7, 11) is 1.92. The second-order valence-corrected chi connectivity index (χ2v) is 5.50. The van der Waals surface area contributed by atoms with Gasteiger partial charge in [-0.1, -0.05) is 19.1 Å². The van der Waals surface area contributed by atoms with Crippen LogP contribution in [0.1, 0.15) is 35.7 Å². The van der Waals surface area contributed by atoms with E-state index < -0.39 is 5.97 Å². The van der Waals surface area contributed by atoms with E-state index in [0.717, 1.165) is 16.5 Å². The number of carbonyl (C=O) groups excluding carboxylic acids is 1. The first kappa shape index (κ1) is 14.3. The maximum absolute atomic E-state index is 12.3. The molecule has 0 fully saturated rings. The molecule has 0 spiro atoms. The van der Waals surface area contributed by atoms with Crippen molar-refractivity contribution in [3.8, 4) is 0 Å². The molecule has 0 aliphatic carbocycles.